The predicted molar refractivity (Wildman–Crippen MR) is 81.2 cm³/mol. The zero-order valence-electron chi connectivity index (χ0n) is 12.6. The van der Waals surface area contributed by atoms with Crippen molar-refractivity contribution >= 4 is 17.6 Å². The third-order valence-electron chi connectivity index (χ3n) is 3.68. The van der Waals surface area contributed by atoms with Crippen molar-refractivity contribution < 1.29 is 19.4 Å². The van der Waals surface area contributed by atoms with Gasteiger partial charge in [0.2, 0.25) is 5.91 Å². The molecule has 1 amide bonds. The molecule has 2 rings (SSSR count). The van der Waals surface area contributed by atoms with Gasteiger partial charge in [-0.2, -0.15) is 0 Å². The van der Waals surface area contributed by atoms with E-state index in [0.717, 1.165) is 6.42 Å². The van der Waals surface area contributed by atoms with Crippen LogP contribution in [0.15, 0.2) is 36.4 Å². The van der Waals surface area contributed by atoms with Gasteiger partial charge in [0.05, 0.1) is 18.2 Å². The van der Waals surface area contributed by atoms with Crippen LogP contribution in [0.5, 0.6) is 5.75 Å². The first-order chi connectivity index (χ1) is 10.6. The van der Waals surface area contributed by atoms with Crippen molar-refractivity contribution in [2.24, 2.45) is 11.8 Å². The molecule has 0 unspecified atom stereocenters. The number of carboxylic acids is 1. The summed E-state index contributed by atoms with van der Waals surface area (Å²) in [7, 11) is 0. The van der Waals surface area contributed by atoms with E-state index in [1.54, 1.807) is 24.3 Å². The van der Waals surface area contributed by atoms with E-state index in [1.165, 1.54) is 0 Å². The Hall–Kier alpha value is -2.30. The summed E-state index contributed by atoms with van der Waals surface area (Å²) in [6, 6.07) is 7.15. The second-order valence-corrected chi connectivity index (χ2v) is 5.31. The molecule has 0 saturated heterocycles. The van der Waals surface area contributed by atoms with Crippen LogP contribution in [0.3, 0.4) is 0 Å². The molecule has 0 aromatic heterocycles. The monoisotopic (exact) mass is 302 g/mol. The zero-order chi connectivity index (χ0) is 15.9. The Balaban J connectivity index is 2.11. The number of benzene rings is 1. The average molecular weight is 302 g/mol. The van der Waals surface area contributed by atoms with Crippen LogP contribution >= 0.6 is 0 Å². The van der Waals surface area contributed by atoms with Gasteiger partial charge in [-0.25, -0.2) is 0 Å². The van der Waals surface area contributed by atoms with E-state index < -0.39 is 17.8 Å². The van der Waals surface area contributed by atoms with Crippen LogP contribution < -0.4 is 15.2 Å². The Labute approximate surface area is 130 Å². The van der Waals surface area contributed by atoms with Crippen LogP contribution in [0.4, 0.5) is 5.69 Å². The third-order valence-corrected chi connectivity index (χ3v) is 3.68. The number of carbonyl (C=O) groups is 2. The van der Waals surface area contributed by atoms with Gasteiger partial charge >= 0.3 is 0 Å². The highest BCUT2D eigenvalue weighted by Gasteiger charge is 2.30. The molecule has 0 radical (unpaired) electrons. The molecule has 1 aromatic rings. The molecule has 5 nitrogen and oxygen atoms in total. The van der Waals surface area contributed by atoms with Crippen LogP contribution in [0, 0.1) is 11.8 Å². The molecule has 0 bridgehead atoms. The summed E-state index contributed by atoms with van der Waals surface area (Å²) < 4.78 is 5.59. The third kappa shape index (κ3) is 3.87. The zero-order valence-corrected chi connectivity index (χ0v) is 12.6. The van der Waals surface area contributed by atoms with E-state index in [0.29, 0.717) is 30.9 Å². The lowest BCUT2D eigenvalue weighted by Crippen LogP contribution is -2.41. The fourth-order valence-electron chi connectivity index (χ4n) is 2.50. The molecular weight excluding hydrogens is 282 g/mol. The Bertz CT molecular complexity index is 568. The fraction of sp³-hybridized carbons (Fsp3) is 0.412. The molecule has 0 heterocycles. The first-order valence-corrected chi connectivity index (χ1v) is 7.52. The Morgan fingerprint density at radius 3 is 2.59 bits per heavy atom. The molecular formula is C17H20NO4-. The average Bonchev–Trinajstić information content (AvgIpc) is 2.54. The van der Waals surface area contributed by atoms with E-state index in [2.05, 4.69) is 5.32 Å². The normalized spacial score (nSPS) is 20.4. The van der Waals surface area contributed by atoms with Crippen molar-refractivity contribution in [1.29, 1.82) is 0 Å². The van der Waals surface area contributed by atoms with Gasteiger partial charge in [0.25, 0.3) is 0 Å². The van der Waals surface area contributed by atoms with Crippen molar-refractivity contribution in [2.75, 3.05) is 11.9 Å². The molecule has 1 N–H and O–H groups in total. The Kier molecular flexibility index (Phi) is 5.58. The molecule has 1 aliphatic rings. The number of hydrogen-bond acceptors (Lipinski definition) is 4. The van der Waals surface area contributed by atoms with Crippen LogP contribution in [0.2, 0.25) is 0 Å². The molecule has 118 valence electrons. The van der Waals surface area contributed by atoms with Gasteiger partial charge < -0.3 is 20.0 Å². The van der Waals surface area contributed by atoms with Gasteiger partial charge in [-0.15, -0.1) is 0 Å². The number of amides is 1. The van der Waals surface area contributed by atoms with Crippen molar-refractivity contribution in [3.05, 3.63) is 36.4 Å². The van der Waals surface area contributed by atoms with Crippen molar-refractivity contribution in [2.45, 2.75) is 26.2 Å². The van der Waals surface area contributed by atoms with Crippen LogP contribution in [0.1, 0.15) is 26.2 Å². The molecule has 22 heavy (non-hydrogen) atoms. The second-order valence-electron chi connectivity index (χ2n) is 5.31. The molecule has 1 aliphatic carbocycles. The number of carbonyl (C=O) groups excluding carboxylic acids is 2. The van der Waals surface area contributed by atoms with Gasteiger partial charge in [0.15, 0.2) is 0 Å². The highest BCUT2D eigenvalue weighted by molar-refractivity contribution is 5.96. The summed E-state index contributed by atoms with van der Waals surface area (Å²) in [5, 5.41) is 14.0. The van der Waals surface area contributed by atoms with Crippen molar-refractivity contribution in [3.8, 4) is 5.75 Å². The predicted octanol–water partition coefficient (Wildman–Crippen LogP) is 1.75. The molecule has 0 spiro atoms. The maximum absolute atomic E-state index is 12.4. The SMILES string of the molecule is CCCOc1ccccc1NC(=O)[C@@H]1CC=CC[C@H]1C(=O)[O-]. The number of ether oxygens (including phenoxy) is 1. The minimum absolute atomic E-state index is 0.314. The summed E-state index contributed by atoms with van der Waals surface area (Å²) in [6.45, 7) is 2.56. The molecule has 0 fully saturated rings. The molecule has 0 aliphatic heterocycles. The molecule has 1 aromatic carbocycles. The second kappa shape index (κ2) is 7.64. The van der Waals surface area contributed by atoms with E-state index in [1.807, 2.05) is 19.1 Å². The number of aliphatic carboxylic acids is 1. The largest absolute Gasteiger partial charge is 0.550 e. The van der Waals surface area contributed by atoms with Crippen LogP contribution in [0.25, 0.3) is 0 Å². The molecule has 0 saturated carbocycles. The number of hydrogen-bond donors (Lipinski definition) is 1. The lowest BCUT2D eigenvalue weighted by molar-refractivity contribution is -0.313. The Morgan fingerprint density at radius 2 is 1.91 bits per heavy atom. The van der Waals surface area contributed by atoms with E-state index >= 15 is 0 Å². The number of nitrogens with one attached hydrogen (secondary N) is 1. The highest BCUT2D eigenvalue weighted by Crippen LogP contribution is 2.29. The van der Waals surface area contributed by atoms with Gasteiger partial charge in [0.1, 0.15) is 5.75 Å². The Morgan fingerprint density at radius 1 is 1.23 bits per heavy atom. The highest BCUT2D eigenvalue weighted by atomic mass is 16.5. The minimum Gasteiger partial charge on any atom is -0.550 e. The molecule has 5 heteroatoms. The lowest BCUT2D eigenvalue weighted by Gasteiger charge is -2.28. The first kappa shape index (κ1) is 16.1. The van der Waals surface area contributed by atoms with Gasteiger partial charge in [-0.1, -0.05) is 31.2 Å². The topological polar surface area (TPSA) is 78.5 Å². The first-order valence-electron chi connectivity index (χ1n) is 7.52. The fourth-order valence-corrected chi connectivity index (χ4v) is 2.50. The van der Waals surface area contributed by atoms with Gasteiger partial charge in [-0.05, 0) is 31.4 Å². The van der Waals surface area contributed by atoms with E-state index in [4.69, 9.17) is 4.74 Å². The summed E-state index contributed by atoms with van der Waals surface area (Å²) >= 11 is 0. The summed E-state index contributed by atoms with van der Waals surface area (Å²) in [5.74, 6) is -2.30. The standard InChI is InChI=1S/C17H21NO4/c1-2-11-22-15-10-6-5-9-14(15)18-16(19)12-7-3-4-8-13(12)17(20)21/h3-6,9-10,12-13H,2,7-8,11H2,1H3,(H,18,19)(H,20,21)/p-1/t12-,13-/m1/s1. The van der Waals surface area contributed by atoms with Crippen LogP contribution in [-0.4, -0.2) is 18.5 Å². The number of carboxylic acid groups (broad SMARTS) is 1. The quantitative estimate of drug-likeness (QED) is 0.812. The summed E-state index contributed by atoms with van der Waals surface area (Å²) in [6.07, 6.45) is 5.21. The van der Waals surface area contributed by atoms with E-state index in [9.17, 15) is 14.7 Å². The lowest BCUT2D eigenvalue weighted by atomic mass is 9.82. The van der Waals surface area contributed by atoms with E-state index in [-0.39, 0.29) is 5.91 Å². The number of para-hydroxylation sites is 2. The maximum Gasteiger partial charge on any atom is 0.228 e. The smallest absolute Gasteiger partial charge is 0.228 e. The van der Waals surface area contributed by atoms with Crippen molar-refractivity contribution in [1.82, 2.24) is 0 Å². The number of rotatable bonds is 6. The summed E-state index contributed by atoms with van der Waals surface area (Å²) in [5.41, 5.74) is 0.563. The maximum atomic E-state index is 12.4. The number of allylic oxidation sites excluding steroid dienone is 2. The van der Waals surface area contributed by atoms with Crippen molar-refractivity contribution in [3.63, 3.8) is 0 Å². The minimum atomic E-state index is -1.18. The van der Waals surface area contributed by atoms with Gasteiger partial charge in [-0.3, -0.25) is 4.79 Å². The van der Waals surface area contributed by atoms with Crippen LogP contribution in [-0.2, 0) is 9.59 Å². The van der Waals surface area contributed by atoms with Gasteiger partial charge in [0, 0.05) is 11.9 Å². The summed E-state index contributed by atoms with van der Waals surface area (Å²) in [4.78, 5) is 23.6. The number of anilines is 1. The molecule has 2 atom stereocenters.